The van der Waals surface area contributed by atoms with Crippen molar-refractivity contribution in [1.29, 1.82) is 0 Å². The number of benzene rings is 3. The van der Waals surface area contributed by atoms with Gasteiger partial charge in [-0.1, -0.05) is 54.9 Å². The zero-order valence-electron chi connectivity index (χ0n) is 22.8. The third-order valence-electron chi connectivity index (χ3n) is 6.50. The predicted molar refractivity (Wildman–Crippen MR) is 153 cm³/mol. The molecule has 2 atom stereocenters. The Morgan fingerprint density at radius 1 is 1.02 bits per heavy atom. The van der Waals surface area contributed by atoms with Crippen LogP contribution >= 0.6 is 11.6 Å². The molecule has 0 saturated carbocycles. The Morgan fingerprint density at radius 2 is 1.68 bits per heavy atom. The minimum absolute atomic E-state index is 0.0436. The first-order valence-electron chi connectivity index (χ1n) is 12.7. The maximum absolute atomic E-state index is 14.6. The molecule has 0 unspecified atom stereocenters. The zero-order chi connectivity index (χ0) is 29.4. The minimum Gasteiger partial charge on any atom is -0.495 e. The van der Waals surface area contributed by atoms with Crippen LogP contribution in [0.1, 0.15) is 32.8 Å². The number of anilines is 1. The normalized spacial score (nSPS) is 12.8. The second kappa shape index (κ2) is 13.6. The molecular weight excluding hydrogens is 557 g/mol. The highest BCUT2D eigenvalue weighted by Crippen LogP contribution is 2.32. The van der Waals surface area contributed by atoms with Gasteiger partial charge >= 0.3 is 0 Å². The Kier molecular flexibility index (Phi) is 10.5. The molecule has 0 aromatic heterocycles. The molecule has 3 rings (SSSR count). The number of halogens is 2. The quantitative estimate of drug-likeness (QED) is 0.320. The molecule has 0 aliphatic rings. The van der Waals surface area contributed by atoms with Crippen LogP contribution in [0.3, 0.4) is 0 Å². The largest absolute Gasteiger partial charge is 0.495 e. The SMILES string of the molecule is CC[C@H](C)NC(=O)[C@@H](C)N(Cc1ccccc1F)C(=O)CN(c1ccc(OC)c(Cl)c1)S(=O)(=O)c1ccccc1. The summed E-state index contributed by atoms with van der Waals surface area (Å²) in [5.74, 6) is -1.37. The molecule has 0 aliphatic carbocycles. The van der Waals surface area contributed by atoms with Gasteiger partial charge in [0.05, 0.1) is 22.7 Å². The lowest BCUT2D eigenvalue weighted by atomic mass is 10.1. The molecule has 3 aromatic carbocycles. The molecule has 0 aliphatic heterocycles. The van der Waals surface area contributed by atoms with Crippen LogP contribution in [0.4, 0.5) is 10.1 Å². The second-order valence-electron chi connectivity index (χ2n) is 9.25. The van der Waals surface area contributed by atoms with Crippen molar-refractivity contribution < 1.29 is 27.1 Å². The van der Waals surface area contributed by atoms with Gasteiger partial charge in [0.1, 0.15) is 24.2 Å². The van der Waals surface area contributed by atoms with Crippen molar-refractivity contribution >= 4 is 39.1 Å². The molecule has 0 saturated heterocycles. The van der Waals surface area contributed by atoms with Gasteiger partial charge in [0.25, 0.3) is 10.0 Å². The summed E-state index contributed by atoms with van der Waals surface area (Å²) in [4.78, 5) is 28.1. The summed E-state index contributed by atoms with van der Waals surface area (Å²) < 4.78 is 48.3. The van der Waals surface area contributed by atoms with E-state index in [2.05, 4.69) is 5.32 Å². The first-order valence-corrected chi connectivity index (χ1v) is 14.6. The van der Waals surface area contributed by atoms with Gasteiger partial charge in [-0.25, -0.2) is 12.8 Å². The first-order chi connectivity index (χ1) is 19.0. The average Bonchev–Trinajstić information content (AvgIpc) is 2.95. The summed E-state index contributed by atoms with van der Waals surface area (Å²) in [6.07, 6.45) is 0.668. The van der Waals surface area contributed by atoms with E-state index >= 15 is 0 Å². The van der Waals surface area contributed by atoms with Gasteiger partial charge in [0.15, 0.2) is 0 Å². The molecule has 3 aromatic rings. The molecule has 11 heteroatoms. The molecule has 214 valence electrons. The fourth-order valence-electron chi connectivity index (χ4n) is 3.92. The topological polar surface area (TPSA) is 96.0 Å². The highest BCUT2D eigenvalue weighted by atomic mass is 35.5. The molecule has 8 nitrogen and oxygen atoms in total. The minimum atomic E-state index is -4.26. The molecule has 0 bridgehead atoms. The van der Waals surface area contributed by atoms with E-state index in [-0.39, 0.29) is 33.8 Å². The number of ether oxygens (including phenoxy) is 1. The van der Waals surface area contributed by atoms with Gasteiger partial charge in [-0.05, 0) is 56.7 Å². The molecule has 0 fully saturated rings. The van der Waals surface area contributed by atoms with E-state index in [9.17, 15) is 22.4 Å². The lowest BCUT2D eigenvalue weighted by Crippen LogP contribution is -2.52. The van der Waals surface area contributed by atoms with E-state index in [1.807, 2.05) is 13.8 Å². The fraction of sp³-hybridized carbons (Fsp3) is 0.310. The summed E-state index contributed by atoms with van der Waals surface area (Å²) in [6.45, 7) is 4.34. The van der Waals surface area contributed by atoms with Crippen LogP contribution in [0.25, 0.3) is 0 Å². The molecule has 40 heavy (non-hydrogen) atoms. The van der Waals surface area contributed by atoms with Crippen LogP contribution in [-0.2, 0) is 26.2 Å². The van der Waals surface area contributed by atoms with Crippen molar-refractivity contribution in [2.45, 2.75) is 50.7 Å². The monoisotopic (exact) mass is 589 g/mol. The maximum Gasteiger partial charge on any atom is 0.264 e. The van der Waals surface area contributed by atoms with Crippen molar-refractivity contribution in [3.8, 4) is 5.75 Å². The van der Waals surface area contributed by atoms with E-state index in [0.717, 1.165) is 4.31 Å². The highest BCUT2D eigenvalue weighted by molar-refractivity contribution is 7.92. The Bertz CT molecular complexity index is 1440. The molecule has 0 spiro atoms. The molecular formula is C29H33ClFN3O5S. The number of hydrogen-bond donors (Lipinski definition) is 1. The molecule has 0 heterocycles. The number of carbonyl (C=O) groups is 2. The van der Waals surface area contributed by atoms with Crippen LogP contribution < -0.4 is 14.4 Å². The molecule has 2 amide bonds. The van der Waals surface area contributed by atoms with E-state index < -0.39 is 40.2 Å². The van der Waals surface area contributed by atoms with Crippen molar-refractivity contribution in [3.05, 3.63) is 89.2 Å². The molecule has 1 N–H and O–H groups in total. The average molecular weight is 590 g/mol. The summed E-state index contributed by atoms with van der Waals surface area (Å²) in [6, 6.07) is 16.7. The van der Waals surface area contributed by atoms with Gasteiger partial charge in [-0.15, -0.1) is 0 Å². The lowest BCUT2D eigenvalue weighted by molar-refractivity contribution is -0.139. The number of sulfonamides is 1. The van der Waals surface area contributed by atoms with Crippen LogP contribution in [0.15, 0.2) is 77.7 Å². The summed E-state index contributed by atoms with van der Waals surface area (Å²) in [5, 5.41) is 2.98. The van der Waals surface area contributed by atoms with Crippen LogP contribution in [0.2, 0.25) is 5.02 Å². The smallest absolute Gasteiger partial charge is 0.264 e. The van der Waals surface area contributed by atoms with Crippen LogP contribution in [-0.4, -0.2) is 50.9 Å². The van der Waals surface area contributed by atoms with Gasteiger partial charge in [-0.2, -0.15) is 0 Å². The van der Waals surface area contributed by atoms with Gasteiger partial charge in [0, 0.05) is 18.2 Å². The van der Waals surface area contributed by atoms with Gasteiger partial charge in [0.2, 0.25) is 11.8 Å². The lowest BCUT2D eigenvalue weighted by Gasteiger charge is -2.32. The number of amides is 2. The fourth-order valence-corrected chi connectivity index (χ4v) is 5.60. The molecule has 0 radical (unpaired) electrons. The van der Waals surface area contributed by atoms with Crippen LogP contribution in [0.5, 0.6) is 5.75 Å². The first kappa shape index (κ1) is 30.9. The Morgan fingerprint density at radius 3 is 2.27 bits per heavy atom. The van der Waals surface area contributed by atoms with E-state index in [1.165, 1.54) is 67.5 Å². The Labute approximate surface area is 239 Å². The summed E-state index contributed by atoms with van der Waals surface area (Å²) in [5.41, 5.74) is 0.301. The van der Waals surface area contributed by atoms with Crippen molar-refractivity contribution in [3.63, 3.8) is 0 Å². The number of hydrogen-bond acceptors (Lipinski definition) is 5. The van der Waals surface area contributed by atoms with Crippen molar-refractivity contribution in [1.82, 2.24) is 10.2 Å². The number of methoxy groups -OCH3 is 1. The number of nitrogens with one attached hydrogen (secondary N) is 1. The van der Waals surface area contributed by atoms with E-state index in [4.69, 9.17) is 16.3 Å². The van der Waals surface area contributed by atoms with Crippen molar-refractivity contribution in [2.24, 2.45) is 0 Å². The van der Waals surface area contributed by atoms with Crippen molar-refractivity contribution in [2.75, 3.05) is 18.0 Å². The standard InChI is InChI=1S/C29H33ClFN3O5S/c1-5-20(2)32-29(36)21(3)33(18-22-11-9-10-14-26(22)31)28(35)19-34(23-15-16-27(39-4)25(30)17-23)40(37,38)24-12-7-6-8-13-24/h6-17,20-21H,5,18-19H2,1-4H3,(H,32,36)/t20-,21+/m0/s1. The summed E-state index contributed by atoms with van der Waals surface area (Å²) in [7, 11) is -2.83. The third-order valence-corrected chi connectivity index (χ3v) is 8.58. The third kappa shape index (κ3) is 7.31. The predicted octanol–water partition coefficient (Wildman–Crippen LogP) is 5.02. The number of carbonyl (C=O) groups excluding carboxylic acids is 2. The maximum atomic E-state index is 14.6. The number of nitrogens with zero attached hydrogens (tertiary/aromatic N) is 2. The zero-order valence-corrected chi connectivity index (χ0v) is 24.4. The Hall–Kier alpha value is -3.63. The van der Waals surface area contributed by atoms with E-state index in [1.54, 1.807) is 24.3 Å². The second-order valence-corrected chi connectivity index (χ2v) is 11.5. The van der Waals surface area contributed by atoms with Gasteiger partial charge < -0.3 is 15.0 Å². The van der Waals surface area contributed by atoms with Crippen LogP contribution in [0, 0.1) is 5.82 Å². The number of rotatable bonds is 12. The highest BCUT2D eigenvalue weighted by Gasteiger charge is 2.33. The van der Waals surface area contributed by atoms with E-state index in [0.29, 0.717) is 12.2 Å². The van der Waals surface area contributed by atoms with Gasteiger partial charge in [-0.3, -0.25) is 13.9 Å². The Balaban J connectivity index is 2.06. The summed E-state index contributed by atoms with van der Waals surface area (Å²) >= 11 is 6.31.